The molecule has 138 valence electrons. The van der Waals surface area contributed by atoms with E-state index in [1.807, 2.05) is 11.8 Å². The molecule has 0 aliphatic heterocycles. The summed E-state index contributed by atoms with van der Waals surface area (Å²) in [6, 6.07) is 3.04. The van der Waals surface area contributed by atoms with Crippen molar-refractivity contribution in [3.8, 4) is 0 Å². The van der Waals surface area contributed by atoms with Gasteiger partial charge in [0.2, 0.25) is 0 Å². The second kappa shape index (κ2) is 8.24. The van der Waals surface area contributed by atoms with Gasteiger partial charge in [-0.3, -0.25) is 9.69 Å². The minimum absolute atomic E-state index is 0.00835. The van der Waals surface area contributed by atoms with Crippen LogP contribution in [-0.2, 0) is 11.3 Å². The Kier molecular flexibility index (Phi) is 6.30. The Morgan fingerprint density at radius 1 is 1.32 bits per heavy atom. The third-order valence-corrected chi connectivity index (χ3v) is 4.47. The Labute approximate surface area is 145 Å². The summed E-state index contributed by atoms with van der Waals surface area (Å²) in [6.07, 6.45) is 1.37. The molecule has 0 bridgehead atoms. The molecule has 1 aliphatic carbocycles. The normalized spacial score (nSPS) is 19.4. The van der Waals surface area contributed by atoms with Gasteiger partial charge >= 0.3 is 12.0 Å². The maximum atomic E-state index is 13.6. The largest absolute Gasteiger partial charge is 0.480 e. The minimum atomic E-state index is -0.865. The number of hydrogen-bond donors (Lipinski definition) is 2. The molecule has 1 fully saturated rings. The molecule has 2 N–H and O–H groups in total. The zero-order chi connectivity index (χ0) is 18.6. The first kappa shape index (κ1) is 19.1. The molecule has 6 nitrogen and oxygen atoms in total. The van der Waals surface area contributed by atoms with E-state index in [0.29, 0.717) is 19.4 Å². The molecular formula is C17H23F2N3O3. The number of rotatable bonds is 7. The summed E-state index contributed by atoms with van der Waals surface area (Å²) in [5.41, 5.74) is 0.240. The van der Waals surface area contributed by atoms with Crippen LogP contribution in [0.2, 0.25) is 0 Å². The van der Waals surface area contributed by atoms with Gasteiger partial charge in [-0.25, -0.2) is 13.6 Å². The Morgan fingerprint density at radius 3 is 2.56 bits per heavy atom. The van der Waals surface area contributed by atoms with Crippen LogP contribution >= 0.6 is 0 Å². The second-order valence-electron chi connectivity index (χ2n) is 6.32. The van der Waals surface area contributed by atoms with Crippen molar-refractivity contribution in [2.45, 2.75) is 38.4 Å². The van der Waals surface area contributed by atoms with E-state index in [2.05, 4.69) is 5.32 Å². The Balaban J connectivity index is 1.80. The van der Waals surface area contributed by atoms with Gasteiger partial charge in [0.15, 0.2) is 0 Å². The number of carboxylic acids is 1. The molecule has 0 spiro atoms. The van der Waals surface area contributed by atoms with Crippen LogP contribution in [0.4, 0.5) is 13.6 Å². The number of amides is 2. The van der Waals surface area contributed by atoms with Crippen LogP contribution in [0.25, 0.3) is 0 Å². The molecule has 8 heteroatoms. The van der Waals surface area contributed by atoms with E-state index in [0.717, 1.165) is 12.1 Å². The van der Waals surface area contributed by atoms with Gasteiger partial charge in [-0.2, -0.15) is 0 Å². The summed E-state index contributed by atoms with van der Waals surface area (Å²) in [7, 11) is 1.54. The molecule has 2 rings (SSSR count). The lowest BCUT2D eigenvalue weighted by atomic mass is 9.85. The smallest absolute Gasteiger partial charge is 0.317 e. The third-order valence-electron chi connectivity index (χ3n) is 4.47. The fourth-order valence-electron chi connectivity index (χ4n) is 2.94. The number of carboxylic acid groups (broad SMARTS) is 1. The van der Waals surface area contributed by atoms with Crippen molar-refractivity contribution in [3.05, 3.63) is 35.4 Å². The topological polar surface area (TPSA) is 72.9 Å². The van der Waals surface area contributed by atoms with Gasteiger partial charge in [0.1, 0.15) is 11.6 Å². The predicted molar refractivity (Wildman–Crippen MR) is 88.0 cm³/mol. The van der Waals surface area contributed by atoms with Crippen molar-refractivity contribution >= 4 is 12.0 Å². The molecule has 0 radical (unpaired) electrons. The number of carbonyl (C=O) groups excluding carboxylic acids is 1. The highest BCUT2D eigenvalue weighted by Crippen LogP contribution is 2.25. The molecule has 1 aromatic rings. The molecule has 0 atom stereocenters. The summed E-state index contributed by atoms with van der Waals surface area (Å²) in [5, 5.41) is 11.7. The number of nitrogens with one attached hydrogen (secondary N) is 1. The molecule has 0 saturated heterocycles. The number of nitrogens with zero attached hydrogens (tertiary/aromatic N) is 2. The summed E-state index contributed by atoms with van der Waals surface area (Å²) < 4.78 is 26.6. The highest BCUT2D eigenvalue weighted by atomic mass is 19.1. The number of hydrogen-bond acceptors (Lipinski definition) is 3. The average Bonchev–Trinajstić information content (AvgIpc) is 2.50. The maximum Gasteiger partial charge on any atom is 0.317 e. The van der Waals surface area contributed by atoms with E-state index < -0.39 is 17.6 Å². The highest BCUT2D eigenvalue weighted by molar-refractivity contribution is 5.74. The van der Waals surface area contributed by atoms with Gasteiger partial charge in [0, 0.05) is 37.3 Å². The van der Waals surface area contributed by atoms with Gasteiger partial charge in [0.05, 0.1) is 6.54 Å². The van der Waals surface area contributed by atoms with Crippen LogP contribution in [0.15, 0.2) is 18.2 Å². The van der Waals surface area contributed by atoms with Crippen LogP contribution in [-0.4, -0.2) is 59.1 Å². The van der Waals surface area contributed by atoms with Crippen molar-refractivity contribution in [1.29, 1.82) is 0 Å². The van der Waals surface area contributed by atoms with Crippen LogP contribution in [0.5, 0.6) is 0 Å². The maximum absolute atomic E-state index is 13.6. The molecule has 0 unspecified atom stereocenters. The summed E-state index contributed by atoms with van der Waals surface area (Å²) in [5.74, 6) is -2.21. The van der Waals surface area contributed by atoms with E-state index in [4.69, 9.17) is 5.11 Å². The summed E-state index contributed by atoms with van der Waals surface area (Å²) in [4.78, 5) is 26.2. The zero-order valence-corrected chi connectivity index (χ0v) is 14.3. The SMILES string of the molecule is CCN(CC(=O)O)C1CC(NC(=O)N(C)Cc2ccc(F)cc2F)C1. The number of halogens is 2. The predicted octanol–water partition coefficient (Wildman–Crippen LogP) is 2.04. The number of carbonyl (C=O) groups is 2. The summed E-state index contributed by atoms with van der Waals surface area (Å²) >= 11 is 0. The van der Waals surface area contributed by atoms with Crippen LogP contribution in [0.3, 0.4) is 0 Å². The Bertz CT molecular complexity index is 636. The zero-order valence-electron chi connectivity index (χ0n) is 14.3. The van der Waals surface area contributed by atoms with Crippen LogP contribution < -0.4 is 5.32 Å². The fraction of sp³-hybridized carbons (Fsp3) is 0.529. The highest BCUT2D eigenvalue weighted by Gasteiger charge is 2.35. The lowest BCUT2D eigenvalue weighted by Crippen LogP contribution is -2.56. The van der Waals surface area contributed by atoms with Crippen molar-refractivity contribution in [3.63, 3.8) is 0 Å². The Morgan fingerprint density at radius 2 is 2.00 bits per heavy atom. The monoisotopic (exact) mass is 355 g/mol. The molecule has 0 aromatic heterocycles. The van der Waals surface area contributed by atoms with E-state index >= 15 is 0 Å². The van der Waals surface area contributed by atoms with E-state index in [1.54, 1.807) is 0 Å². The first-order chi connectivity index (χ1) is 11.8. The molecule has 1 saturated carbocycles. The molecule has 1 aliphatic rings. The van der Waals surface area contributed by atoms with E-state index in [9.17, 15) is 18.4 Å². The second-order valence-corrected chi connectivity index (χ2v) is 6.32. The van der Waals surface area contributed by atoms with Gasteiger partial charge in [-0.15, -0.1) is 0 Å². The van der Waals surface area contributed by atoms with E-state index in [1.165, 1.54) is 18.0 Å². The molecule has 1 aromatic carbocycles. The van der Waals surface area contributed by atoms with Crippen LogP contribution in [0.1, 0.15) is 25.3 Å². The first-order valence-corrected chi connectivity index (χ1v) is 8.21. The van der Waals surface area contributed by atoms with E-state index in [-0.39, 0.29) is 36.8 Å². The van der Waals surface area contributed by atoms with Crippen molar-refractivity contribution in [1.82, 2.24) is 15.1 Å². The summed E-state index contributed by atoms with van der Waals surface area (Å²) in [6.45, 7) is 2.57. The molecule has 25 heavy (non-hydrogen) atoms. The Hall–Kier alpha value is -2.22. The number of benzene rings is 1. The van der Waals surface area contributed by atoms with Gasteiger partial charge < -0.3 is 15.3 Å². The lowest BCUT2D eigenvalue weighted by Gasteiger charge is -2.42. The van der Waals surface area contributed by atoms with Gasteiger partial charge in [0.25, 0.3) is 0 Å². The minimum Gasteiger partial charge on any atom is -0.480 e. The average molecular weight is 355 g/mol. The first-order valence-electron chi connectivity index (χ1n) is 8.21. The number of aliphatic carboxylic acids is 1. The molecular weight excluding hydrogens is 332 g/mol. The number of urea groups is 1. The standard InChI is InChI=1S/C17H23F2N3O3/c1-3-22(10-16(23)24)14-7-13(8-14)20-17(25)21(2)9-11-4-5-12(18)6-15(11)19/h4-6,13-14H,3,7-10H2,1-2H3,(H,20,25)(H,23,24). The van der Waals surface area contributed by atoms with Crippen LogP contribution in [0, 0.1) is 11.6 Å². The van der Waals surface area contributed by atoms with Crippen molar-refractivity contribution < 1.29 is 23.5 Å². The van der Waals surface area contributed by atoms with Crippen molar-refractivity contribution in [2.75, 3.05) is 20.1 Å². The molecule has 2 amide bonds. The molecule has 0 heterocycles. The number of likely N-dealkylation sites (N-methyl/N-ethyl adjacent to an activating group) is 1. The third kappa shape index (κ3) is 5.12. The van der Waals surface area contributed by atoms with Gasteiger partial charge in [-0.05, 0) is 25.5 Å². The van der Waals surface area contributed by atoms with Gasteiger partial charge in [-0.1, -0.05) is 13.0 Å². The fourth-order valence-corrected chi connectivity index (χ4v) is 2.94. The quantitative estimate of drug-likeness (QED) is 0.785. The lowest BCUT2D eigenvalue weighted by molar-refractivity contribution is -0.139. The van der Waals surface area contributed by atoms with Crippen molar-refractivity contribution in [2.24, 2.45) is 0 Å².